The highest BCUT2D eigenvalue weighted by Gasteiger charge is 2.34. The van der Waals surface area contributed by atoms with Gasteiger partial charge in [0.15, 0.2) is 0 Å². The van der Waals surface area contributed by atoms with Crippen LogP contribution in [-0.2, 0) is 10.0 Å². The van der Waals surface area contributed by atoms with Gasteiger partial charge < -0.3 is 0 Å². The minimum Gasteiger partial charge on any atom is -0.282 e. The molecule has 1 fully saturated rings. The van der Waals surface area contributed by atoms with Crippen molar-refractivity contribution in [2.24, 2.45) is 0 Å². The van der Waals surface area contributed by atoms with Crippen molar-refractivity contribution < 1.29 is 8.42 Å². The van der Waals surface area contributed by atoms with Crippen LogP contribution in [0.15, 0.2) is 29.2 Å². The zero-order valence-electron chi connectivity index (χ0n) is 14.6. The predicted molar refractivity (Wildman–Crippen MR) is 98.2 cm³/mol. The first-order valence-electron chi connectivity index (χ1n) is 8.25. The molecule has 1 aliphatic rings. The maximum Gasteiger partial charge on any atom is 0.246 e. The Morgan fingerprint density at radius 2 is 1.81 bits per heavy atom. The molecule has 9 heteroatoms. The van der Waals surface area contributed by atoms with E-state index in [9.17, 15) is 13.7 Å². The lowest BCUT2D eigenvalue weighted by Gasteiger charge is -2.36. The van der Waals surface area contributed by atoms with E-state index in [1.165, 1.54) is 4.31 Å². The lowest BCUT2D eigenvalue weighted by Crippen LogP contribution is -2.49. The number of benzene rings is 1. The Kier molecular flexibility index (Phi) is 5.34. The number of rotatable bonds is 4. The molecule has 138 valence electrons. The molecule has 26 heavy (non-hydrogen) atoms. The first-order valence-corrected chi connectivity index (χ1v) is 10.1. The molecule has 1 unspecified atom stereocenters. The standard InChI is InChI=1S/C17H20ClN5O2S/c1-12-17(13(2)21-20-12)26(24,25)23-9-7-22(8-10-23)16(11-19)14-3-5-15(18)6-4-14/h3-6,16H,7-10H2,1-2H3,(H,20,21). The second kappa shape index (κ2) is 7.37. The molecular formula is C17H20ClN5O2S. The minimum atomic E-state index is -3.59. The Hall–Kier alpha value is -1.92. The molecule has 7 nitrogen and oxygen atoms in total. The highest BCUT2D eigenvalue weighted by atomic mass is 35.5. The largest absolute Gasteiger partial charge is 0.282 e. The van der Waals surface area contributed by atoms with Crippen molar-refractivity contribution in [3.05, 3.63) is 46.2 Å². The molecule has 1 saturated heterocycles. The fraction of sp³-hybridized carbons (Fsp3) is 0.412. The normalized spacial score (nSPS) is 17.8. The molecule has 1 aliphatic heterocycles. The number of aromatic amines is 1. The van der Waals surface area contributed by atoms with Gasteiger partial charge in [-0.05, 0) is 31.5 Å². The second-order valence-corrected chi connectivity index (χ2v) is 8.60. The van der Waals surface area contributed by atoms with Gasteiger partial charge in [-0.1, -0.05) is 23.7 Å². The van der Waals surface area contributed by atoms with Gasteiger partial charge in [0, 0.05) is 31.2 Å². The van der Waals surface area contributed by atoms with Crippen LogP contribution in [0.2, 0.25) is 5.02 Å². The molecule has 2 heterocycles. The van der Waals surface area contributed by atoms with Gasteiger partial charge >= 0.3 is 0 Å². The molecule has 0 spiro atoms. The van der Waals surface area contributed by atoms with Crippen LogP contribution in [0.3, 0.4) is 0 Å². The van der Waals surface area contributed by atoms with E-state index in [0.29, 0.717) is 42.6 Å². The number of hydrogen-bond donors (Lipinski definition) is 1. The third-order valence-corrected chi connectivity index (χ3v) is 7.02. The van der Waals surface area contributed by atoms with Gasteiger partial charge in [-0.25, -0.2) is 8.42 Å². The Balaban J connectivity index is 1.74. The van der Waals surface area contributed by atoms with Crippen LogP contribution in [0.25, 0.3) is 0 Å². The average Bonchev–Trinajstić information content (AvgIpc) is 2.97. The SMILES string of the molecule is Cc1n[nH]c(C)c1S(=O)(=O)N1CCN(C(C#N)c2ccc(Cl)cc2)CC1. The molecule has 0 saturated carbocycles. The van der Waals surface area contributed by atoms with Crippen LogP contribution in [0.4, 0.5) is 0 Å². The average molecular weight is 394 g/mol. The zero-order chi connectivity index (χ0) is 18.9. The quantitative estimate of drug-likeness (QED) is 0.859. The van der Waals surface area contributed by atoms with E-state index >= 15 is 0 Å². The first kappa shape index (κ1) is 18.9. The van der Waals surface area contributed by atoms with Crippen LogP contribution in [-0.4, -0.2) is 54.0 Å². The second-order valence-electron chi connectivity index (χ2n) is 6.29. The number of aromatic nitrogens is 2. The molecule has 1 atom stereocenters. The van der Waals surface area contributed by atoms with Gasteiger partial charge in [0.1, 0.15) is 10.9 Å². The highest BCUT2D eigenvalue weighted by Crippen LogP contribution is 2.26. The summed E-state index contributed by atoms with van der Waals surface area (Å²) in [5, 5.41) is 16.9. The van der Waals surface area contributed by atoms with Crippen molar-refractivity contribution >= 4 is 21.6 Å². The molecule has 0 bridgehead atoms. The topological polar surface area (TPSA) is 93.1 Å². The smallest absolute Gasteiger partial charge is 0.246 e. The summed E-state index contributed by atoms with van der Waals surface area (Å²) < 4.78 is 27.3. The molecule has 0 amide bonds. The highest BCUT2D eigenvalue weighted by molar-refractivity contribution is 7.89. The third kappa shape index (κ3) is 3.48. The van der Waals surface area contributed by atoms with E-state index in [0.717, 1.165) is 5.56 Å². The lowest BCUT2D eigenvalue weighted by atomic mass is 10.1. The maximum absolute atomic E-state index is 12.9. The van der Waals surface area contributed by atoms with Crippen molar-refractivity contribution in [1.29, 1.82) is 5.26 Å². The number of piperazine rings is 1. The van der Waals surface area contributed by atoms with E-state index in [1.54, 1.807) is 26.0 Å². The van der Waals surface area contributed by atoms with Crippen LogP contribution >= 0.6 is 11.6 Å². The number of aryl methyl sites for hydroxylation is 2. The number of H-pyrrole nitrogens is 1. The molecule has 2 aromatic rings. The number of nitrogens with zero attached hydrogens (tertiary/aromatic N) is 4. The monoisotopic (exact) mass is 393 g/mol. The first-order chi connectivity index (χ1) is 12.3. The van der Waals surface area contributed by atoms with Gasteiger partial charge in [0.05, 0.1) is 17.5 Å². The number of nitriles is 1. The molecule has 1 aromatic heterocycles. The summed E-state index contributed by atoms with van der Waals surface area (Å²) in [6.07, 6.45) is 0. The van der Waals surface area contributed by atoms with Crippen LogP contribution < -0.4 is 0 Å². The van der Waals surface area contributed by atoms with Crippen molar-refractivity contribution in [2.75, 3.05) is 26.2 Å². The molecule has 0 radical (unpaired) electrons. The van der Waals surface area contributed by atoms with E-state index < -0.39 is 16.1 Å². The summed E-state index contributed by atoms with van der Waals surface area (Å²) in [5.41, 5.74) is 1.87. The van der Waals surface area contributed by atoms with E-state index in [4.69, 9.17) is 11.6 Å². The van der Waals surface area contributed by atoms with E-state index in [2.05, 4.69) is 16.3 Å². The summed E-state index contributed by atoms with van der Waals surface area (Å²) in [6, 6.07) is 9.06. The van der Waals surface area contributed by atoms with Gasteiger partial charge in [0.2, 0.25) is 10.0 Å². The summed E-state index contributed by atoms with van der Waals surface area (Å²) in [6.45, 7) is 5.01. The predicted octanol–water partition coefficient (Wildman–Crippen LogP) is 2.25. The van der Waals surface area contributed by atoms with Gasteiger partial charge in [0.25, 0.3) is 0 Å². The molecule has 1 aromatic carbocycles. The summed E-state index contributed by atoms with van der Waals surface area (Å²) in [5.74, 6) is 0. The summed E-state index contributed by atoms with van der Waals surface area (Å²) in [4.78, 5) is 2.24. The van der Waals surface area contributed by atoms with E-state index in [-0.39, 0.29) is 4.90 Å². The molecular weight excluding hydrogens is 374 g/mol. The Bertz CT molecular complexity index is 906. The molecule has 0 aliphatic carbocycles. The van der Waals surface area contributed by atoms with Crippen molar-refractivity contribution in [2.45, 2.75) is 24.8 Å². The summed E-state index contributed by atoms with van der Waals surface area (Å²) >= 11 is 5.91. The maximum atomic E-state index is 12.9. The van der Waals surface area contributed by atoms with E-state index in [1.807, 2.05) is 17.0 Å². The fourth-order valence-corrected chi connectivity index (χ4v) is 5.14. The molecule has 1 N–H and O–H groups in total. The van der Waals surface area contributed by atoms with Gasteiger partial charge in [-0.15, -0.1) is 0 Å². The Morgan fingerprint density at radius 3 is 2.31 bits per heavy atom. The Morgan fingerprint density at radius 1 is 1.19 bits per heavy atom. The third-order valence-electron chi connectivity index (χ3n) is 4.60. The minimum absolute atomic E-state index is 0.250. The van der Waals surface area contributed by atoms with Gasteiger partial charge in [-0.2, -0.15) is 14.7 Å². The van der Waals surface area contributed by atoms with Crippen LogP contribution in [0, 0.1) is 25.2 Å². The van der Waals surface area contributed by atoms with Gasteiger partial charge in [-0.3, -0.25) is 10.00 Å². The lowest BCUT2D eigenvalue weighted by molar-refractivity contribution is 0.162. The Labute approximate surface area is 158 Å². The number of hydrogen-bond acceptors (Lipinski definition) is 5. The zero-order valence-corrected chi connectivity index (χ0v) is 16.2. The molecule has 3 rings (SSSR count). The number of halogens is 1. The van der Waals surface area contributed by atoms with Crippen LogP contribution in [0.5, 0.6) is 0 Å². The fourth-order valence-electron chi connectivity index (χ4n) is 3.26. The van der Waals surface area contributed by atoms with Crippen molar-refractivity contribution in [1.82, 2.24) is 19.4 Å². The van der Waals surface area contributed by atoms with Crippen molar-refractivity contribution in [3.8, 4) is 6.07 Å². The van der Waals surface area contributed by atoms with Crippen molar-refractivity contribution in [3.63, 3.8) is 0 Å². The van der Waals surface area contributed by atoms with Crippen LogP contribution in [0.1, 0.15) is 23.0 Å². The summed E-state index contributed by atoms with van der Waals surface area (Å²) in [7, 11) is -3.59. The number of sulfonamides is 1. The number of nitrogens with one attached hydrogen (secondary N) is 1.